The van der Waals surface area contributed by atoms with Gasteiger partial charge in [-0.3, -0.25) is 0 Å². The number of piperidine rings is 1. The summed E-state index contributed by atoms with van der Waals surface area (Å²) in [6, 6.07) is 2.52. The van der Waals surface area contributed by atoms with Gasteiger partial charge in [-0.05, 0) is 51.2 Å². The normalized spacial score (nSPS) is 19.6. The molecule has 1 aromatic carbocycles. The topological polar surface area (TPSA) is 75.4 Å². The third-order valence-corrected chi connectivity index (χ3v) is 5.46. The Balaban J connectivity index is 2.25. The van der Waals surface area contributed by atoms with Gasteiger partial charge in [0.05, 0.1) is 4.90 Å². The zero-order valence-corrected chi connectivity index (χ0v) is 12.6. The highest BCUT2D eigenvalue weighted by atomic mass is 32.2. The molecule has 1 aliphatic heterocycles. The molecule has 5 nitrogen and oxygen atoms in total. The fraction of sp³-hybridized carbons (Fsp3) is 0.538. The van der Waals surface area contributed by atoms with Gasteiger partial charge in [-0.25, -0.2) is 21.9 Å². The van der Waals surface area contributed by atoms with Crippen LogP contribution in [0.2, 0.25) is 0 Å². The molecule has 0 aliphatic carbocycles. The maximum absolute atomic E-state index is 13.2. The van der Waals surface area contributed by atoms with Crippen LogP contribution >= 0.6 is 0 Å². The van der Waals surface area contributed by atoms with E-state index in [0.717, 1.165) is 25.2 Å². The van der Waals surface area contributed by atoms with E-state index in [-0.39, 0.29) is 11.4 Å². The van der Waals surface area contributed by atoms with Gasteiger partial charge in [-0.15, -0.1) is 0 Å². The van der Waals surface area contributed by atoms with Crippen LogP contribution in [-0.2, 0) is 10.0 Å². The van der Waals surface area contributed by atoms with E-state index < -0.39 is 27.2 Å². The zero-order valence-electron chi connectivity index (χ0n) is 11.8. The van der Waals surface area contributed by atoms with Crippen molar-refractivity contribution in [3.05, 3.63) is 29.8 Å². The van der Waals surface area contributed by atoms with Crippen molar-refractivity contribution < 1.29 is 17.2 Å². The largest absolute Gasteiger partial charge is 0.329 e. The first-order valence-corrected chi connectivity index (χ1v) is 8.14. The summed E-state index contributed by atoms with van der Waals surface area (Å²) in [7, 11) is -1.99. The van der Waals surface area contributed by atoms with Crippen molar-refractivity contribution in [3.8, 4) is 0 Å². The quantitative estimate of drug-likeness (QED) is 0.855. The Morgan fingerprint density at radius 1 is 1.29 bits per heavy atom. The smallest absolute Gasteiger partial charge is 0.241 e. The third kappa shape index (κ3) is 3.57. The van der Waals surface area contributed by atoms with E-state index in [0.29, 0.717) is 18.9 Å². The minimum atomic E-state index is -3.94. The first-order valence-electron chi connectivity index (χ1n) is 6.66. The molecule has 0 radical (unpaired) electrons. The summed E-state index contributed by atoms with van der Waals surface area (Å²) in [5, 5.41) is 0. The molecule has 2 rings (SSSR count). The van der Waals surface area contributed by atoms with Gasteiger partial charge in [0.15, 0.2) is 11.6 Å². The molecule has 0 unspecified atom stereocenters. The van der Waals surface area contributed by atoms with Gasteiger partial charge in [0, 0.05) is 12.1 Å². The lowest BCUT2D eigenvalue weighted by atomic mass is 9.89. The second kappa shape index (κ2) is 5.96. The van der Waals surface area contributed by atoms with Crippen molar-refractivity contribution >= 4 is 10.0 Å². The van der Waals surface area contributed by atoms with Crippen molar-refractivity contribution in [3.63, 3.8) is 0 Å². The van der Waals surface area contributed by atoms with Gasteiger partial charge in [-0.2, -0.15) is 0 Å². The van der Waals surface area contributed by atoms with Crippen molar-refractivity contribution in [1.82, 2.24) is 9.62 Å². The van der Waals surface area contributed by atoms with Gasteiger partial charge < -0.3 is 10.6 Å². The highest BCUT2D eigenvalue weighted by Gasteiger charge is 2.36. The van der Waals surface area contributed by atoms with E-state index in [1.807, 2.05) is 7.05 Å². The summed E-state index contributed by atoms with van der Waals surface area (Å²) in [6.45, 7) is 1.60. The second-order valence-corrected chi connectivity index (χ2v) is 7.15. The number of hydrogen-bond acceptors (Lipinski definition) is 4. The van der Waals surface area contributed by atoms with Gasteiger partial charge in [0.2, 0.25) is 10.0 Å². The van der Waals surface area contributed by atoms with Crippen LogP contribution < -0.4 is 10.5 Å². The molecule has 0 atom stereocenters. The van der Waals surface area contributed by atoms with E-state index in [9.17, 15) is 17.2 Å². The molecule has 8 heteroatoms. The maximum atomic E-state index is 13.2. The number of rotatable bonds is 4. The number of nitrogens with two attached hydrogens (primary N) is 1. The molecule has 1 aromatic rings. The molecule has 0 aromatic heterocycles. The van der Waals surface area contributed by atoms with E-state index in [1.54, 1.807) is 0 Å². The molecule has 0 spiro atoms. The summed E-state index contributed by atoms with van der Waals surface area (Å²) >= 11 is 0. The first kappa shape index (κ1) is 16.3. The highest BCUT2D eigenvalue weighted by Crippen LogP contribution is 2.24. The van der Waals surface area contributed by atoms with Crippen molar-refractivity contribution in [2.75, 3.05) is 26.7 Å². The molecule has 0 bridgehead atoms. The van der Waals surface area contributed by atoms with Crippen molar-refractivity contribution in [2.24, 2.45) is 5.73 Å². The Morgan fingerprint density at radius 2 is 1.90 bits per heavy atom. The van der Waals surface area contributed by atoms with Gasteiger partial charge in [-0.1, -0.05) is 0 Å². The van der Waals surface area contributed by atoms with Crippen LogP contribution in [0.3, 0.4) is 0 Å². The first-order chi connectivity index (χ1) is 9.78. The van der Waals surface area contributed by atoms with Crippen LogP contribution in [0.5, 0.6) is 0 Å². The lowest BCUT2D eigenvalue weighted by Crippen LogP contribution is -2.58. The molecule has 1 aliphatic rings. The lowest BCUT2D eigenvalue weighted by molar-refractivity contribution is 0.182. The number of benzene rings is 1. The van der Waals surface area contributed by atoms with E-state index in [1.165, 1.54) is 0 Å². The molecule has 3 N–H and O–H groups in total. The third-order valence-electron chi connectivity index (χ3n) is 3.89. The standard InChI is InChI=1S/C13H19F2N3O2S/c1-18-6-4-13(9-16,5-7-18)17-21(19,20)10-2-3-11(14)12(15)8-10/h2-3,8,17H,4-7,9,16H2,1H3. The summed E-state index contributed by atoms with van der Waals surface area (Å²) < 4.78 is 53.4. The summed E-state index contributed by atoms with van der Waals surface area (Å²) in [4.78, 5) is 1.79. The molecular formula is C13H19F2N3O2S. The SMILES string of the molecule is CN1CCC(CN)(NS(=O)(=O)c2ccc(F)c(F)c2)CC1. The number of hydrogen-bond donors (Lipinski definition) is 2. The maximum Gasteiger partial charge on any atom is 0.241 e. The molecule has 1 saturated heterocycles. The average Bonchev–Trinajstić information content (AvgIpc) is 2.44. The molecule has 0 saturated carbocycles. The van der Waals surface area contributed by atoms with E-state index in [2.05, 4.69) is 9.62 Å². The van der Waals surface area contributed by atoms with Crippen LogP contribution in [0.4, 0.5) is 8.78 Å². The summed E-state index contributed by atoms with van der Waals surface area (Å²) in [6.07, 6.45) is 1.14. The minimum absolute atomic E-state index is 0.156. The summed E-state index contributed by atoms with van der Waals surface area (Å²) in [5.41, 5.74) is 5.00. The zero-order chi connectivity index (χ0) is 15.7. The Morgan fingerprint density at radius 3 is 2.43 bits per heavy atom. The van der Waals surface area contributed by atoms with Crippen molar-refractivity contribution in [2.45, 2.75) is 23.3 Å². The van der Waals surface area contributed by atoms with E-state index in [4.69, 9.17) is 5.73 Å². The number of nitrogens with one attached hydrogen (secondary N) is 1. The highest BCUT2D eigenvalue weighted by molar-refractivity contribution is 7.89. The second-order valence-electron chi connectivity index (χ2n) is 5.47. The van der Waals surface area contributed by atoms with Crippen LogP contribution in [0, 0.1) is 11.6 Å². The Bertz CT molecular complexity index is 614. The van der Waals surface area contributed by atoms with Crippen LogP contribution in [0.25, 0.3) is 0 Å². The van der Waals surface area contributed by atoms with Crippen LogP contribution in [-0.4, -0.2) is 45.5 Å². The Hall–Kier alpha value is -1.09. The number of likely N-dealkylation sites (tertiary alicyclic amines) is 1. The predicted octanol–water partition coefficient (Wildman–Crippen LogP) is 0.666. The predicted molar refractivity (Wildman–Crippen MR) is 75.2 cm³/mol. The molecular weight excluding hydrogens is 300 g/mol. The average molecular weight is 319 g/mol. The number of halogens is 2. The molecule has 118 valence electrons. The molecule has 0 amide bonds. The van der Waals surface area contributed by atoms with Crippen molar-refractivity contribution in [1.29, 1.82) is 0 Å². The van der Waals surface area contributed by atoms with E-state index >= 15 is 0 Å². The van der Waals surface area contributed by atoms with Gasteiger partial charge in [0.1, 0.15) is 0 Å². The van der Waals surface area contributed by atoms with Crippen LogP contribution in [0.15, 0.2) is 23.1 Å². The fourth-order valence-electron chi connectivity index (χ4n) is 2.38. The number of nitrogens with zero attached hydrogens (tertiary/aromatic N) is 1. The fourth-order valence-corrected chi connectivity index (χ4v) is 3.86. The van der Waals surface area contributed by atoms with Gasteiger partial charge >= 0.3 is 0 Å². The monoisotopic (exact) mass is 319 g/mol. The lowest BCUT2D eigenvalue weighted by Gasteiger charge is -2.40. The Kier molecular flexibility index (Phi) is 4.62. The number of sulfonamides is 1. The molecule has 1 heterocycles. The molecule has 21 heavy (non-hydrogen) atoms. The minimum Gasteiger partial charge on any atom is -0.329 e. The van der Waals surface area contributed by atoms with Crippen LogP contribution in [0.1, 0.15) is 12.8 Å². The summed E-state index contributed by atoms with van der Waals surface area (Å²) in [5.74, 6) is -2.27. The Labute approximate surface area is 123 Å². The van der Waals surface area contributed by atoms with Gasteiger partial charge in [0.25, 0.3) is 0 Å². The molecule has 1 fully saturated rings.